The highest BCUT2D eigenvalue weighted by molar-refractivity contribution is 6.08. The van der Waals surface area contributed by atoms with Crippen LogP contribution in [0.1, 0.15) is 35.8 Å². The number of aliphatic carboxylic acids is 1. The Morgan fingerprint density at radius 3 is 2.41 bits per heavy atom. The minimum atomic E-state index is -0.843. The number of carbonyl (C=O) groups is 3. The molecule has 0 aliphatic heterocycles. The van der Waals surface area contributed by atoms with Gasteiger partial charge in [-0.1, -0.05) is 18.2 Å². The number of urea groups is 1. The van der Waals surface area contributed by atoms with E-state index in [4.69, 9.17) is 5.11 Å². The first-order valence-corrected chi connectivity index (χ1v) is 10.8. The molecule has 10 nitrogen and oxygen atoms in total. The van der Waals surface area contributed by atoms with Gasteiger partial charge in [-0.3, -0.25) is 19.9 Å². The third-order valence-corrected chi connectivity index (χ3v) is 4.69. The Kier molecular flexibility index (Phi) is 8.50. The van der Waals surface area contributed by atoms with Crippen molar-refractivity contribution in [3.8, 4) is 0 Å². The normalized spacial score (nSPS) is 10.3. The molecule has 0 saturated carbocycles. The van der Waals surface area contributed by atoms with Crippen LogP contribution in [0.25, 0.3) is 0 Å². The van der Waals surface area contributed by atoms with E-state index in [1.807, 2.05) is 30.3 Å². The van der Waals surface area contributed by atoms with Crippen LogP contribution >= 0.6 is 0 Å². The zero-order chi connectivity index (χ0) is 24.3. The summed E-state index contributed by atoms with van der Waals surface area (Å²) in [7, 11) is 0. The molecule has 0 spiro atoms. The van der Waals surface area contributed by atoms with Crippen LogP contribution in [0.2, 0.25) is 0 Å². The molecule has 0 atom stereocenters. The average Bonchev–Trinajstić information content (AvgIpc) is 2.81. The molecule has 3 rings (SSSR count). The van der Waals surface area contributed by atoms with Crippen LogP contribution in [0.4, 0.5) is 27.7 Å². The van der Waals surface area contributed by atoms with E-state index in [9.17, 15) is 14.4 Å². The highest BCUT2D eigenvalue weighted by Crippen LogP contribution is 2.24. The molecule has 5 N–H and O–H groups in total. The summed E-state index contributed by atoms with van der Waals surface area (Å²) in [5.74, 6) is -0.964. The van der Waals surface area contributed by atoms with Crippen LogP contribution in [0.15, 0.2) is 60.9 Å². The topological polar surface area (TPSA) is 145 Å². The number of carbonyl (C=O) groups excluding carboxylic acids is 2. The number of aromatic nitrogens is 2. The van der Waals surface area contributed by atoms with Crippen molar-refractivity contribution < 1.29 is 19.5 Å². The fourth-order valence-corrected chi connectivity index (χ4v) is 3.07. The third-order valence-electron chi connectivity index (χ3n) is 4.69. The zero-order valence-corrected chi connectivity index (χ0v) is 18.7. The van der Waals surface area contributed by atoms with Crippen LogP contribution in [-0.4, -0.2) is 39.5 Å². The number of hydrogen-bond acceptors (Lipinski definition) is 6. The Balaban J connectivity index is 1.76. The number of para-hydroxylation sites is 1. The van der Waals surface area contributed by atoms with Gasteiger partial charge in [0.05, 0.1) is 23.1 Å². The van der Waals surface area contributed by atoms with Gasteiger partial charge in [-0.05, 0) is 44.0 Å². The lowest BCUT2D eigenvalue weighted by Gasteiger charge is -2.14. The number of nitrogens with one attached hydrogen (secondary N) is 4. The molecule has 2 aromatic heterocycles. The van der Waals surface area contributed by atoms with Gasteiger partial charge in [0.15, 0.2) is 0 Å². The molecule has 0 unspecified atom stereocenters. The first kappa shape index (κ1) is 24.2. The molecule has 0 aliphatic carbocycles. The van der Waals surface area contributed by atoms with Crippen LogP contribution < -0.4 is 21.3 Å². The van der Waals surface area contributed by atoms with E-state index in [0.717, 1.165) is 11.4 Å². The first-order valence-electron chi connectivity index (χ1n) is 10.8. The molecule has 2 heterocycles. The van der Waals surface area contributed by atoms with Gasteiger partial charge in [-0.25, -0.2) is 9.78 Å². The fourth-order valence-electron chi connectivity index (χ4n) is 3.07. The maximum atomic E-state index is 13.0. The second-order valence-corrected chi connectivity index (χ2v) is 7.33. The number of anilines is 4. The molecule has 176 valence electrons. The number of hydrogen-bond donors (Lipinski definition) is 5. The molecule has 1 aromatic carbocycles. The fraction of sp³-hybridized carbons (Fsp3) is 0.208. The van der Waals surface area contributed by atoms with Gasteiger partial charge in [0, 0.05) is 36.6 Å². The number of carboxylic acids is 1. The van der Waals surface area contributed by atoms with E-state index in [2.05, 4.69) is 31.2 Å². The number of benzene rings is 1. The van der Waals surface area contributed by atoms with Gasteiger partial charge in [0.2, 0.25) is 0 Å². The molecule has 3 aromatic rings. The molecule has 34 heavy (non-hydrogen) atoms. The van der Waals surface area contributed by atoms with Crippen molar-refractivity contribution in [2.45, 2.75) is 26.2 Å². The highest BCUT2D eigenvalue weighted by Gasteiger charge is 2.15. The minimum absolute atomic E-state index is 0.0787. The molecule has 0 saturated heterocycles. The van der Waals surface area contributed by atoms with E-state index >= 15 is 0 Å². The standard InChI is InChI=1S/C24H26N6O4/c1-2-25-24(34)30-21-13-20(28-17-7-4-3-5-8-17)19(15-27-21)23(33)29-18-12-11-16(26-14-18)9-6-10-22(31)32/h3-5,7-8,11-15H,2,6,9-10H2,1H3,(H,29,33)(H,31,32)(H3,25,27,28,30,34). The Bertz CT molecular complexity index is 1140. The average molecular weight is 463 g/mol. The Hall–Kier alpha value is -4.47. The van der Waals surface area contributed by atoms with Crippen molar-refractivity contribution in [3.63, 3.8) is 0 Å². The summed E-state index contributed by atoms with van der Waals surface area (Å²) >= 11 is 0. The second-order valence-electron chi connectivity index (χ2n) is 7.33. The van der Waals surface area contributed by atoms with Crippen molar-refractivity contribution in [1.29, 1.82) is 0 Å². The largest absolute Gasteiger partial charge is 0.481 e. The van der Waals surface area contributed by atoms with Crippen LogP contribution in [0.5, 0.6) is 0 Å². The lowest BCUT2D eigenvalue weighted by molar-refractivity contribution is -0.137. The van der Waals surface area contributed by atoms with Crippen molar-refractivity contribution in [1.82, 2.24) is 15.3 Å². The highest BCUT2D eigenvalue weighted by atomic mass is 16.4. The van der Waals surface area contributed by atoms with Crippen LogP contribution in [0, 0.1) is 0 Å². The number of rotatable bonds is 10. The third kappa shape index (κ3) is 7.30. The summed E-state index contributed by atoms with van der Waals surface area (Å²) < 4.78 is 0. The summed E-state index contributed by atoms with van der Waals surface area (Å²) in [5, 5.41) is 20.0. The van der Waals surface area contributed by atoms with Gasteiger partial charge in [0.25, 0.3) is 5.91 Å². The summed E-state index contributed by atoms with van der Waals surface area (Å²) in [6, 6.07) is 14.0. The predicted molar refractivity (Wildman–Crippen MR) is 129 cm³/mol. The van der Waals surface area contributed by atoms with E-state index in [0.29, 0.717) is 30.8 Å². The van der Waals surface area contributed by atoms with Crippen LogP contribution in [-0.2, 0) is 11.2 Å². The van der Waals surface area contributed by atoms with Crippen molar-refractivity contribution in [2.24, 2.45) is 0 Å². The summed E-state index contributed by atoms with van der Waals surface area (Å²) in [6.45, 7) is 2.27. The number of nitrogens with zero attached hydrogens (tertiary/aromatic N) is 2. The Morgan fingerprint density at radius 2 is 1.74 bits per heavy atom. The number of aryl methyl sites for hydroxylation is 1. The van der Waals surface area contributed by atoms with Crippen molar-refractivity contribution in [2.75, 3.05) is 22.5 Å². The number of carboxylic acid groups (broad SMARTS) is 1. The smallest absolute Gasteiger partial charge is 0.320 e. The summed E-state index contributed by atoms with van der Waals surface area (Å²) in [6.07, 6.45) is 4.02. The van der Waals surface area contributed by atoms with E-state index in [1.165, 1.54) is 12.4 Å². The lowest BCUT2D eigenvalue weighted by atomic mass is 10.1. The Labute approximate surface area is 196 Å². The lowest BCUT2D eigenvalue weighted by Crippen LogP contribution is -2.28. The summed E-state index contributed by atoms with van der Waals surface area (Å²) in [4.78, 5) is 44.0. The van der Waals surface area contributed by atoms with Crippen LogP contribution in [0.3, 0.4) is 0 Å². The maximum absolute atomic E-state index is 13.0. The predicted octanol–water partition coefficient (Wildman–Crippen LogP) is 4.02. The SMILES string of the molecule is CCNC(=O)Nc1cc(Nc2ccccc2)c(C(=O)Nc2ccc(CCCC(=O)O)nc2)cn1. The van der Waals surface area contributed by atoms with Gasteiger partial charge in [-0.2, -0.15) is 0 Å². The molecule has 0 radical (unpaired) electrons. The maximum Gasteiger partial charge on any atom is 0.320 e. The molecule has 0 fully saturated rings. The molecule has 3 amide bonds. The van der Waals surface area contributed by atoms with Crippen molar-refractivity contribution in [3.05, 3.63) is 72.2 Å². The first-order chi connectivity index (χ1) is 16.4. The van der Waals surface area contributed by atoms with E-state index < -0.39 is 17.9 Å². The Morgan fingerprint density at radius 1 is 0.941 bits per heavy atom. The second kappa shape index (κ2) is 12.0. The number of pyridine rings is 2. The van der Waals surface area contributed by atoms with Gasteiger partial charge in [-0.15, -0.1) is 0 Å². The molecule has 0 aliphatic rings. The van der Waals surface area contributed by atoms with E-state index in [1.54, 1.807) is 25.1 Å². The molecule has 10 heteroatoms. The molecular formula is C24H26N6O4. The van der Waals surface area contributed by atoms with Crippen molar-refractivity contribution >= 4 is 40.8 Å². The zero-order valence-electron chi connectivity index (χ0n) is 18.7. The van der Waals surface area contributed by atoms with E-state index in [-0.39, 0.29) is 17.8 Å². The quantitative estimate of drug-likeness (QED) is 0.306. The van der Waals surface area contributed by atoms with Gasteiger partial charge < -0.3 is 21.1 Å². The van der Waals surface area contributed by atoms with Gasteiger partial charge in [0.1, 0.15) is 5.82 Å². The summed E-state index contributed by atoms with van der Waals surface area (Å²) in [5.41, 5.74) is 2.73. The monoisotopic (exact) mass is 462 g/mol. The molecule has 0 bridgehead atoms. The number of amides is 3. The minimum Gasteiger partial charge on any atom is -0.481 e. The molecular weight excluding hydrogens is 436 g/mol. The van der Waals surface area contributed by atoms with Gasteiger partial charge >= 0.3 is 12.0 Å².